The molecule has 2 aliphatic rings. The number of benzene rings is 1. The summed E-state index contributed by atoms with van der Waals surface area (Å²) in [6, 6.07) is 6.35. The Bertz CT molecular complexity index is 785. The van der Waals surface area contributed by atoms with Gasteiger partial charge in [-0.15, -0.1) is 0 Å². The molecule has 27 heavy (non-hydrogen) atoms. The first-order valence-corrected chi connectivity index (χ1v) is 11.1. The maximum Gasteiger partial charge on any atom is 0.338 e. The number of carbonyl (C=O) groups is 2. The maximum atomic E-state index is 12.3. The molecule has 2 fully saturated rings. The van der Waals surface area contributed by atoms with Crippen LogP contribution in [0.15, 0.2) is 24.3 Å². The Morgan fingerprint density at radius 2 is 1.67 bits per heavy atom. The molecule has 8 heteroatoms. The molecule has 2 heterocycles. The molecule has 1 aromatic rings. The van der Waals surface area contributed by atoms with Crippen LogP contribution in [0.25, 0.3) is 0 Å². The van der Waals surface area contributed by atoms with Crippen molar-refractivity contribution < 1.29 is 22.7 Å². The monoisotopic (exact) mass is 394 g/mol. The number of ether oxygens (including phenoxy) is 1. The lowest BCUT2D eigenvalue weighted by Crippen LogP contribution is -2.37. The van der Waals surface area contributed by atoms with E-state index in [-0.39, 0.29) is 23.8 Å². The molecule has 7 nitrogen and oxygen atoms in total. The van der Waals surface area contributed by atoms with Gasteiger partial charge in [-0.2, -0.15) is 0 Å². The third kappa shape index (κ3) is 5.00. The molecule has 3 rings (SSSR count). The Kier molecular flexibility index (Phi) is 6.36. The Balaban J connectivity index is 1.59. The van der Waals surface area contributed by atoms with E-state index in [4.69, 9.17) is 4.74 Å². The standard InChI is InChI=1S/C19H26N2O5S/c22-18(20-10-4-2-1-3-5-11-20)15-26-19(23)16-8-6-9-17(14-16)21-12-7-13-27(21,24)25/h6,8-9,14H,1-5,7,10-13,15H2. The van der Waals surface area contributed by atoms with Gasteiger partial charge in [0.25, 0.3) is 5.91 Å². The highest BCUT2D eigenvalue weighted by Crippen LogP contribution is 2.25. The number of hydrogen-bond donors (Lipinski definition) is 0. The van der Waals surface area contributed by atoms with Gasteiger partial charge >= 0.3 is 5.97 Å². The number of anilines is 1. The van der Waals surface area contributed by atoms with Gasteiger partial charge in [-0.1, -0.05) is 25.3 Å². The van der Waals surface area contributed by atoms with Crippen molar-refractivity contribution in [1.29, 1.82) is 0 Å². The van der Waals surface area contributed by atoms with Crippen molar-refractivity contribution in [1.82, 2.24) is 4.90 Å². The average Bonchev–Trinajstić information content (AvgIpc) is 2.98. The minimum absolute atomic E-state index is 0.117. The first kappa shape index (κ1) is 19.7. The van der Waals surface area contributed by atoms with Crippen molar-refractivity contribution in [2.75, 3.05) is 36.3 Å². The molecule has 0 aliphatic carbocycles. The molecule has 0 unspecified atom stereocenters. The van der Waals surface area contributed by atoms with Gasteiger partial charge in [-0.3, -0.25) is 9.10 Å². The third-order valence-electron chi connectivity index (χ3n) is 5.00. The van der Waals surface area contributed by atoms with Gasteiger partial charge in [0, 0.05) is 19.6 Å². The third-order valence-corrected chi connectivity index (χ3v) is 6.87. The molecule has 0 N–H and O–H groups in total. The molecule has 1 amide bonds. The van der Waals surface area contributed by atoms with E-state index in [1.54, 1.807) is 23.1 Å². The van der Waals surface area contributed by atoms with Crippen LogP contribution in [0.4, 0.5) is 5.69 Å². The van der Waals surface area contributed by atoms with E-state index in [1.165, 1.54) is 16.8 Å². The second-order valence-corrected chi connectivity index (χ2v) is 9.03. The number of rotatable bonds is 4. The Morgan fingerprint density at radius 1 is 0.963 bits per heavy atom. The van der Waals surface area contributed by atoms with Crippen molar-refractivity contribution in [2.24, 2.45) is 0 Å². The van der Waals surface area contributed by atoms with Crippen LogP contribution >= 0.6 is 0 Å². The van der Waals surface area contributed by atoms with Gasteiger partial charge < -0.3 is 9.64 Å². The van der Waals surface area contributed by atoms with E-state index in [1.807, 2.05) is 0 Å². The van der Waals surface area contributed by atoms with Crippen LogP contribution in [0.5, 0.6) is 0 Å². The highest BCUT2D eigenvalue weighted by Gasteiger charge is 2.29. The predicted molar refractivity (Wildman–Crippen MR) is 102 cm³/mol. The summed E-state index contributed by atoms with van der Waals surface area (Å²) in [7, 11) is -3.31. The second-order valence-electron chi connectivity index (χ2n) is 7.02. The molecule has 0 bridgehead atoms. The first-order chi connectivity index (χ1) is 13.0. The highest BCUT2D eigenvalue weighted by molar-refractivity contribution is 7.93. The fraction of sp³-hybridized carbons (Fsp3) is 0.579. The van der Waals surface area contributed by atoms with Crippen LogP contribution in [-0.4, -0.2) is 57.2 Å². The molecule has 0 radical (unpaired) electrons. The SMILES string of the molecule is O=C(OCC(=O)N1CCCCCCC1)c1cccc(N2CCCS2(=O)=O)c1. The smallest absolute Gasteiger partial charge is 0.338 e. The summed E-state index contributed by atoms with van der Waals surface area (Å²) in [6.07, 6.45) is 5.98. The fourth-order valence-electron chi connectivity index (χ4n) is 3.52. The predicted octanol–water partition coefficient (Wildman–Crippen LogP) is 2.18. The van der Waals surface area contributed by atoms with Crippen molar-refractivity contribution in [2.45, 2.75) is 38.5 Å². The van der Waals surface area contributed by atoms with Crippen LogP contribution in [0, 0.1) is 0 Å². The quantitative estimate of drug-likeness (QED) is 0.731. The van der Waals surface area contributed by atoms with Crippen LogP contribution < -0.4 is 4.31 Å². The summed E-state index contributed by atoms with van der Waals surface area (Å²) in [4.78, 5) is 26.4. The highest BCUT2D eigenvalue weighted by atomic mass is 32.2. The topological polar surface area (TPSA) is 84.0 Å². The molecule has 2 saturated heterocycles. The van der Waals surface area contributed by atoms with Gasteiger partial charge in [0.2, 0.25) is 10.0 Å². The van der Waals surface area contributed by atoms with Crippen molar-refractivity contribution in [3.63, 3.8) is 0 Å². The zero-order valence-electron chi connectivity index (χ0n) is 15.4. The van der Waals surface area contributed by atoms with E-state index in [2.05, 4.69) is 0 Å². The summed E-state index contributed by atoms with van der Waals surface area (Å²) >= 11 is 0. The van der Waals surface area contributed by atoms with Crippen molar-refractivity contribution in [3.05, 3.63) is 29.8 Å². The number of carbonyl (C=O) groups excluding carboxylic acids is 2. The number of nitrogens with zero attached hydrogens (tertiary/aromatic N) is 2. The van der Waals surface area contributed by atoms with Crippen LogP contribution in [0.3, 0.4) is 0 Å². The number of amides is 1. The molecule has 0 aromatic heterocycles. The zero-order valence-corrected chi connectivity index (χ0v) is 16.2. The molecule has 0 atom stereocenters. The molecule has 1 aromatic carbocycles. The summed E-state index contributed by atoms with van der Waals surface area (Å²) in [5, 5.41) is 0. The van der Waals surface area contributed by atoms with Gasteiger partial charge in [0.15, 0.2) is 6.61 Å². The largest absolute Gasteiger partial charge is 0.452 e. The average molecular weight is 394 g/mol. The number of likely N-dealkylation sites (tertiary alicyclic amines) is 1. The van der Waals surface area contributed by atoms with E-state index >= 15 is 0 Å². The Labute approximate surface area is 160 Å². The normalized spacial score (nSPS) is 20.0. The fourth-order valence-corrected chi connectivity index (χ4v) is 5.07. The molecule has 0 saturated carbocycles. The van der Waals surface area contributed by atoms with E-state index in [9.17, 15) is 18.0 Å². The first-order valence-electron chi connectivity index (χ1n) is 9.53. The summed E-state index contributed by atoms with van der Waals surface area (Å²) < 4.78 is 30.6. The van der Waals surface area contributed by atoms with Gasteiger partial charge in [-0.25, -0.2) is 13.2 Å². The van der Waals surface area contributed by atoms with Crippen LogP contribution in [0.1, 0.15) is 48.9 Å². The second kappa shape index (κ2) is 8.73. The Morgan fingerprint density at radius 3 is 2.33 bits per heavy atom. The van der Waals surface area contributed by atoms with Gasteiger partial charge in [0.1, 0.15) is 0 Å². The summed E-state index contributed by atoms with van der Waals surface area (Å²) in [5.74, 6) is -0.677. The molecule has 2 aliphatic heterocycles. The summed E-state index contributed by atoms with van der Waals surface area (Å²) in [5.41, 5.74) is 0.701. The summed E-state index contributed by atoms with van der Waals surface area (Å²) in [6.45, 7) is 1.54. The molecule has 0 spiro atoms. The van der Waals surface area contributed by atoms with Gasteiger partial charge in [-0.05, 0) is 37.5 Å². The minimum atomic E-state index is -3.31. The minimum Gasteiger partial charge on any atom is -0.452 e. The number of hydrogen-bond acceptors (Lipinski definition) is 5. The Hall–Kier alpha value is -2.09. The zero-order chi connectivity index (χ0) is 19.3. The van der Waals surface area contributed by atoms with E-state index in [0.29, 0.717) is 31.7 Å². The number of esters is 1. The van der Waals surface area contributed by atoms with E-state index in [0.717, 1.165) is 25.7 Å². The van der Waals surface area contributed by atoms with Crippen molar-refractivity contribution >= 4 is 27.6 Å². The lowest BCUT2D eigenvalue weighted by Gasteiger charge is -2.24. The van der Waals surface area contributed by atoms with Crippen LogP contribution in [-0.2, 0) is 19.6 Å². The molecule has 148 valence electrons. The lowest BCUT2D eigenvalue weighted by molar-refractivity contribution is -0.134. The van der Waals surface area contributed by atoms with Gasteiger partial charge in [0.05, 0.1) is 17.0 Å². The lowest BCUT2D eigenvalue weighted by atomic mass is 10.1. The van der Waals surface area contributed by atoms with Crippen molar-refractivity contribution in [3.8, 4) is 0 Å². The number of sulfonamides is 1. The van der Waals surface area contributed by atoms with Crippen LogP contribution in [0.2, 0.25) is 0 Å². The maximum absolute atomic E-state index is 12.3. The van der Waals surface area contributed by atoms with E-state index < -0.39 is 16.0 Å². The molecular weight excluding hydrogens is 368 g/mol. The molecular formula is C19H26N2O5S.